The molecule has 0 fully saturated rings. The van der Waals surface area contributed by atoms with Gasteiger partial charge < -0.3 is 9.47 Å². The molecule has 0 unspecified atom stereocenters. The topological polar surface area (TPSA) is 60.5 Å². The number of amides is 1. The molecule has 0 spiro atoms. The molecule has 2 aromatic rings. The van der Waals surface area contributed by atoms with E-state index < -0.39 is 0 Å². The Kier molecular flexibility index (Phi) is 3.08. The molecule has 1 N–H and O–H groups in total. The van der Waals surface area contributed by atoms with Crippen molar-refractivity contribution in [3.63, 3.8) is 0 Å². The normalized spacial score (nSPS) is 13.1. The van der Waals surface area contributed by atoms with E-state index in [4.69, 9.17) is 9.47 Å². The second-order valence-corrected chi connectivity index (χ2v) is 4.96. The zero-order valence-electron chi connectivity index (χ0n) is 10.3. The molecule has 1 aliphatic heterocycles. The Balaban J connectivity index is 1.80. The Morgan fingerprint density at radius 3 is 2.84 bits per heavy atom. The summed E-state index contributed by atoms with van der Waals surface area (Å²) < 4.78 is 10.9. The fraction of sp³-hybridized carbons (Fsp3) is 0.231. The van der Waals surface area contributed by atoms with Gasteiger partial charge in [-0.05, 0) is 25.1 Å². The Labute approximate surface area is 114 Å². The Bertz CT molecular complexity index is 624. The van der Waals surface area contributed by atoms with Gasteiger partial charge in [0.25, 0.3) is 5.91 Å². The summed E-state index contributed by atoms with van der Waals surface area (Å²) >= 11 is 1.40. The van der Waals surface area contributed by atoms with Crippen molar-refractivity contribution in [3.05, 3.63) is 34.8 Å². The summed E-state index contributed by atoms with van der Waals surface area (Å²) in [5.74, 6) is 1.08. The van der Waals surface area contributed by atoms with Crippen LogP contribution in [0.5, 0.6) is 11.5 Å². The van der Waals surface area contributed by atoms with Crippen LogP contribution in [0.2, 0.25) is 0 Å². The molecule has 1 aromatic heterocycles. The molecule has 1 amide bonds. The molecule has 6 heteroatoms. The summed E-state index contributed by atoms with van der Waals surface area (Å²) in [6.45, 7) is 2.93. The number of ether oxygens (including phenoxy) is 2. The van der Waals surface area contributed by atoms with Gasteiger partial charge in [0.2, 0.25) is 0 Å². The lowest BCUT2D eigenvalue weighted by Crippen LogP contribution is -2.17. The number of nitrogens with one attached hydrogen (secondary N) is 1. The van der Waals surface area contributed by atoms with Crippen LogP contribution in [-0.2, 0) is 0 Å². The van der Waals surface area contributed by atoms with Gasteiger partial charge in [-0.2, -0.15) is 0 Å². The lowest BCUT2D eigenvalue weighted by molar-refractivity contribution is 0.102. The summed E-state index contributed by atoms with van der Waals surface area (Å²) in [4.78, 5) is 16.3. The minimum Gasteiger partial charge on any atom is -0.486 e. The van der Waals surface area contributed by atoms with Crippen molar-refractivity contribution in [2.45, 2.75) is 6.92 Å². The van der Waals surface area contributed by atoms with E-state index in [-0.39, 0.29) is 5.91 Å². The zero-order valence-corrected chi connectivity index (χ0v) is 11.1. The molecule has 0 atom stereocenters. The van der Waals surface area contributed by atoms with Crippen molar-refractivity contribution in [3.8, 4) is 11.5 Å². The molecule has 0 aliphatic carbocycles. The molecule has 0 radical (unpaired) electrons. The molecule has 0 saturated carbocycles. The van der Waals surface area contributed by atoms with E-state index in [2.05, 4.69) is 10.3 Å². The fourth-order valence-electron chi connectivity index (χ4n) is 1.77. The first kappa shape index (κ1) is 12.0. The number of anilines is 1. The molecule has 0 saturated heterocycles. The summed E-state index contributed by atoms with van der Waals surface area (Å²) in [6.07, 6.45) is 0. The maximum absolute atomic E-state index is 12.1. The van der Waals surface area contributed by atoms with Gasteiger partial charge in [0.1, 0.15) is 13.2 Å². The van der Waals surface area contributed by atoms with Gasteiger partial charge in [0.05, 0.1) is 5.69 Å². The first-order valence-electron chi connectivity index (χ1n) is 5.85. The molecule has 2 heterocycles. The molecule has 1 aromatic carbocycles. The van der Waals surface area contributed by atoms with Crippen LogP contribution in [0.3, 0.4) is 0 Å². The van der Waals surface area contributed by atoms with Crippen molar-refractivity contribution in [2.24, 2.45) is 0 Å². The van der Waals surface area contributed by atoms with Crippen LogP contribution < -0.4 is 14.8 Å². The van der Waals surface area contributed by atoms with Crippen LogP contribution in [-0.4, -0.2) is 24.1 Å². The molecular formula is C13H12N2O3S. The molecule has 19 heavy (non-hydrogen) atoms. The number of fused-ring (bicyclic) bond motifs is 1. The molecule has 5 nitrogen and oxygen atoms in total. The van der Waals surface area contributed by atoms with E-state index in [9.17, 15) is 4.79 Å². The van der Waals surface area contributed by atoms with Gasteiger partial charge in [-0.3, -0.25) is 10.1 Å². The van der Waals surface area contributed by atoms with Crippen LogP contribution in [0.1, 0.15) is 16.1 Å². The second-order valence-electron chi connectivity index (χ2n) is 4.11. The molecule has 98 valence electrons. The smallest absolute Gasteiger partial charge is 0.257 e. The van der Waals surface area contributed by atoms with Gasteiger partial charge in [0.15, 0.2) is 16.6 Å². The van der Waals surface area contributed by atoms with Crippen molar-refractivity contribution >= 4 is 22.4 Å². The number of carbonyl (C=O) groups is 1. The van der Waals surface area contributed by atoms with Crippen molar-refractivity contribution in [1.29, 1.82) is 0 Å². The maximum Gasteiger partial charge on any atom is 0.257 e. The van der Waals surface area contributed by atoms with E-state index in [1.807, 2.05) is 12.3 Å². The number of thiazole rings is 1. The van der Waals surface area contributed by atoms with Crippen molar-refractivity contribution in [2.75, 3.05) is 18.5 Å². The first-order valence-corrected chi connectivity index (χ1v) is 6.73. The third kappa shape index (κ3) is 2.53. The van der Waals surface area contributed by atoms with Crippen molar-refractivity contribution < 1.29 is 14.3 Å². The average Bonchev–Trinajstić information content (AvgIpc) is 2.83. The van der Waals surface area contributed by atoms with Crippen LogP contribution in [0.4, 0.5) is 5.13 Å². The van der Waals surface area contributed by atoms with E-state index >= 15 is 0 Å². The average molecular weight is 276 g/mol. The summed E-state index contributed by atoms with van der Waals surface area (Å²) in [5.41, 5.74) is 1.42. The van der Waals surface area contributed by atoms with Gasteiger partial charge >= 0.3 is 0 Å². The minimum absolute atomic E-state index is 0.202. The van der Waals surface area contributed by atoms with Crippen LogP contribution in [0, 0.1) is 6.92 Å². The standard InChI is InChI=1S/C13H12N2O3S/c1-8-7-19-13(14-8)15-12(16)9-2-3-10-11(6-9)18-5-4-17-10/h2-3,6-7H,4-5H2,1H3,(H,14,15,16). The number of carbonyl (C=O) groups excluding carboxylic acids is 1. The third-order valence-corrected chi connectivity index (χ3v) is 3.52. The zero-order chi connectivity index (χ0) is 13.2. The number of nitrogens with zero attached hydrogens (tertiary/aromatic N) is 1. The molecule has 0 bridgehead atoms. The monoisotopic (exact) mass is 276 g/mol. The maximum atomic E-state index is 12.1. The Morgan fingerprint density at radius 1 is 1.32 bits per heavy atom. The molecular weight excluding hydrogens is 264 g/mol. The minimum atomic E-state index is -0.202. The van der Waals surface area contributed by atoms with E-state index in [1.165, 1.54) is 11.3 Å². The highest BCUT2D eigenvalue weighted by molar-refractivity contribution is 7.13. The number of rotatable bonds is 2. The molecule has 3 rings (SSSR count). The van der Waals surface area contributed by atoms with E-state index in [0.717, 1.165) is 5.69 Å². The first-order chi connectivity index (χ1) is 9.22. The lowest BCUT2D eigenvalue weighted by atomic mass is 10.2. The summed E-state index contributed by atoms with van der Waals surface area (Å²) in [5, 5.41) is 5.24. The van der Waals surface area contributed by atoms with Gasteiger partial charge in [-0.1, -0.05) is 0 Å². The van der Waals surface area contributed by atoms with Crippen LogP contribution in [0.25, 0.3) is 0 Å². The Morgan fingerprint density at radius 2 is 2.11 bits per heavy atom. The highest BCUT2D eigenvalue weighted by Gasteiger charge is 2.15. The number of hydrogen-bond donors (Lipinski definition) is 1. The number of aromatic nitrogens is 1. The lowest BCUT2D eigenvalue weighted by Gasteiger charge is -2.18. The predicted octanol–water partition coefficient (Wildman–Crippen LogP) is 2.48. The highest BCUT2D eigenvalue weighted by atomic mass is 32.1. The van der Waals surface area contributed by atoms with Crippen LogP contribution >= 0.6 is 11.3 Å². The number of hydrogen-bond acceptors (Lipinski definition) is 5. The van der Waals surface area contributed by atoms with E-state index in [1.54, 1.807) is 18.2 Å². The third-order valence-electron chi connectivity index (χ3n) is 2.64. The summed E-state index contributed by atoms with van der Waals surface area (Å²) in [7, 11) is 0. The van der Waals surface area contributed by atoms with E-state index in [0.29, 0.717) is 35.4 Å². The number of aryl methyl sites for hydroxylation is 1. The largest absolute Gasteiger partial charge is 0.486 e. The summed E-state index contributed by atoms with van der Waals surface area (Å²) in [6, 6.07) is 5.14. The van der Waals surface area contributed by atoms with Gasteiger partial charge in [0, 0.05) is 10.9 Å². The number of benzene rings is 1. The van der Waals surface area contributed by atoms with Gasteiger partial charge in [-0.15, -0.1) is 11.3 Å². The quantitative estimate of drug-likeness (QED) is 0.915. The SMILES string of the molecule is Cc1csc(NC(=O)c2ccc3c(c2)OCCO3)n1. The highest BCUT2D eigenvalue weighted by Crippen LogP contribution is 2.31. The van der Waals surface area contributed by atoms with Crippen molar-refractivity contribution in [1.82, 2.24) is 4.98 Å². The fourth-order valence-corrected chi connectivity index (χ4v) is 2.45. The van der Waals surface area contributed by atoms with Crippen LogP contribution in [0.15, 0.2) is 23.6 Å². The second kappa shape index (κ2) is 4.89. The Hall–Kier alpha value is -2.08. The van der Waals surface area contributed by atoms with Gasteiger partial charge in [-0.25, -0.2) is 4.98 Å². The molecule has 1 aliphatic rings. The predicted molar refractivity (Wildman–Crippen MR) is 72.2 cm³/mol.